The van der Waals surface area contributed by atoms with E-state index in [1.54, 1.807) is 0 Å². The number of aromatic nitrogens is 2. The Kier molecular flexibility index (Phi) is 3.56. The number of nitrogens with two attached hydrogens (primary N) is 1. The number of rotatable bonds is 4. The second kappa shape index (κ2) is 4.93. The van der Waals surface area contributed by atoms with Gasteiger partial charge in [0, 0.05) is 19.6 Å². The Hall–Kier alpha value is -0.940. The van der Waals surface area contributed by atoms with Gasteiger partial charge in [0.2, 0.25) is 5.89 Å². The van der Waals surface area contributed by atoms with Crippen molar-refractivity contribution in [2.45, 2.75) is 32.7 Å². The molecule has 2 heterocycles. The van der Waals surface area contributed by atoms with Gasteiger partial charge >= 0.3 is 0 Å². The zero-order valence-corrected chi connectivity index (χ0v) is 9.85. The van der Waals surface area contributed by atoms with Crippen molar-refractivity contribution in [1.82, 2.24) is 10.1 Å². The first-order valence-corrected chi connectivity index (χ1v) is 5.82. The normalized spacial score (nSPS) is 22.9. The highest BCUT2D eigenvalue weighted by atomic mass is 16.5. The van der Waals surface area contributed by atoms with Crippen molar-refractivity contribution in [2.75, 3.05) is 13.2 Å². The predicted molar refractivity (Wildman–Crippen MR) is 58.7 cm³/mol. The standard InChI is InChI=1S/C11H19N3O2/c1-7(2)10(12)11-13-9(14-16-11)5-8-3-4-15-6-8/h7-8,10H,3-6,12H2,1-2H3. The molecule has 0 aliphatic carbocycles. The molecular weight excluding hydrogens is 206 g/mol. The van der Waals surface area contributed by atoms with Crippen LogP contribution in [0.25, 0.3) is 0 Å². The lowest BCUT2D eigenvalue weighted by Crippen LogP contribution is -2.17. The predicted octanol–water partition coefficient (Wildman–Crippen LogP) is 1.30. The van der Waals surface area contributed by atoms with E-state index < -0.39 is 0 Å². The summed E-state index contributed by atoms with van der Waals surface area (Å²) in [6, 6.07) is -0.166. The van der Waals surface area contributed by atoms with Crippen LogP contribution >= 0.6 is 0 Å². The van der Waals surface area contributed by atoms with Crippen LogP contribution in [0.4, 0.5) is 0 Å². The second-order valence-corrected chi connectivity index (χ2v) is 4.75. The van der Waals surface area contributed by atoms with Crippen molar-refractivity contribution < 1.29 is 9.26 Å². The molecular formula is C11H19N3O2. The van der Waals surface area contributed by atoms with Crippen LogP contribution in [0.2, 0.25) is 0 Å². The van der Waals surface area contributed by atoms with Gasteiger partial charge in [0.15, 0.2) is 5.82 Å². The van der Waals surface area contributed by atoms with Gasteiger partial charge in [-0.15, -0.1) is 0 Å². The molecule has 2 unspecified atom stereocenters. The number of hydrogen-bond donors (Lipinski definition) is 1. The minimum atomic E-state index is -0.166. The highest BCUT2D eigenvalue weighted by Crippen LogP contribution is 2.20. The Labute approximate surface area is 95.3 Å². The topological polar surface area (TPSA) is 74.2 Å². The molecule has 0 aromatic carbocycles. The van der Waals surface area contributed by atoms with Crippen LogP contribution in [0, 0.1) is 11.8 Å². The fourth-order valence-corrected chi connectivity index (χ4v) is 1.77. The molecule has 1 saturated heterocycles. The van der Waals surface area contributed by atoms with E-state index >= 15 is 0 Å². The largest absolute Gasteiger partial charge is 0.381 e. The summed E-state index contributed by atoms with van der Waals surface area (Å²) in [6.45, 7) is 5.74. The highest BCUT2D eigenvalue weighted by molar-refractivity contribution is 4.94. The summed E-state index contributed by atoms with van der Waals surface area (Å²) in [6.07, 6.45) is 1.91. The van der Waals surface area contributed by atoms with E-state index in [4.69, 9.17) is 15.0 Å². The number of ether oxygens (including phenoxy) is 1. The van der Waals surface area contributed by atoms with Crippen LogP contribution in [0.5, 0.6) is 0 Å². The van der Waals surface area contributed by atoms with Crippen molar-refractivity contribution in [3.63, 3.8) is 0 Å². The third kappa shape index (κ3) is 2.59. The summed E-state index contributed by atoms with van der Waals surface area (Å²) in [5.41, 5.74) is 5.94. The summed E-state index contributed by atoms with van der Waals surface area (Å²) < 4.78 is 10.5. The number of nitrogens with zero attached hydrogens (tertiary/aromatic N) is 2. The van der Waals surface area contributed by atoms with Crippen LogP contribution in [0.15, 0.2) is 4.52 Å². The summed E-state index contributed by atoms with van der Waals surface area (Å²) in [4.78, 5) is 4.34. The minimum Gasteiger partial charge on any atom is -0.381 e. The fraction of sp³-hybridized carbons (Fsp3) is 0.818. The summed E-state index contributed by atoms with van der Waals surface area (Å²) in [5, 5.41) is 3.96. The molecule has 1 aromatic heterocycles. The molecule has 1 fully saturated rings. The zero-order chi connectivity index (χ0) is 11.5. The van der Waals surface area contributed by atoms with Crippen LogP contribution in [0.3, 0.4) is 0 Å². The van der Waals surface area contributed by atoms with Gasteiger partial charge in [-0.3, -0.25) is 0 Å². The van der Waals surface area contributed by atoms with E-state index in [9.17, 15) is 0 Å². The Bertz CT molecular complexity index is 332. The van der Waals surface area contributed by atoms with E-state index in [0.717, 1.165) is 31.9 Å². The van der Waals surface area contributed by atoms with E-state index in [1.165, 1.54) is 0 Å². The summed E-state index contributed by atoms with van der Waals surface area (Å²) in [7, 11) is 0. The maximum Gasteiger partial charge on any atom is 0.243 e. The molecule has 5 nitrogen and oxygen atoms in total. The van der Waals surface area contributed by atoms with E-state index in [2.05, 4.69) is 10.1 Å². The molecule has 0 spiro atoms. The maximum absolute atomic E-state index is 5.94. The smallest absolute Gasteiger partial charge is 0.243 e. The molecule has 0 amide bonds. The average molecular weight is 225 g/mol. The molecule has 2 rings (SSSR count). The van der Waals surface area contributed by atoms with Crippen LogP contribution in [0.1, 0.15) is 38.0 Å². The zero-order valence-electron chi connectivity index (χ0n) is 9.85. The lowest BCUT2D eigenvalue weighted by molar-refractivity contribution is 0.185. The van der Waals surface area contributed by atoms with Crippen molar-refractivity contribution in [3.05, 3.63) is 11.7 Å². The molecule has 1 aliphatic heterocycles. The second-order valence-electron chi connectivity index (χ2n) is 4.75. The first-order chi connectivity index (χ1) is 7.66. The average Bonchev–Trinajstić information content (AvgIpc) is 2.88. The van der Waals surface area contributed by atoms with E-state index in [-0.39, 0.29) is 6.04 Å². The quantitative estimate of drug-likeness (QED) is 0.836. The fourth-order valence-electron chi connectivity index (χ4n) is 1.77. The monoisotopic (exact) mass is 225 g/mol. The Morgan fingerprint density at radius 1 is 1.50 bits per heavy atom. The van der Waals surface area contributed by atoms with Crippen molar-refractivity contribution in [2.24, 2.45) is 17.6 Å². The number of hydrogen-bond acceptors (Lipinski definition) is 5. The third-order valence-electron chi connectivity index (χ3n) is 2.98. The first kappa shape index (κ1) is 11.5. The van der Waals surface area contributed by atoms with Gasteiger partial charge in [-0.05, 0) is 18.3 Å². The Morgan fingerprint density at radius 2 is 2.31 bits per heavy atom. The molecule has 5 heteroatoms. The lowest BCUT2D eigenvalue weighted by Gasteiger charge is -2.09. The molecule has 0 bridgehead atoms. The van der Waals surface area contributed by atoms with Crippen molar-refractivity contribution in [1.29, 1.82) is 0 Å². The third-order valence-corrected chi connectivity index (χ3v) is 2.98. The van der Waals surface area contributed by atoms with Gasteiger partial charge in [0.1, 0.15) is 0 Å². The highest BCUT2D eigenvalue weighted by Gasteiger charge is 2.21. The molecule has 0 radical (unpaired) electrons. The van der Waals surface area contributed by atoms with Gasteiger partial charge in [0.05, 0.1) is 6.04 Å². The van der Waals surface area contributed by atoms with Gasteiger partial charge in [-0.25, -0.2) is 0 Å². The van der Waals surface area contributed by atoms with Gasteiger partial charge in [-0.1, -0.05) is 19.0 Å². The van der Waals surface area contributed by atoms with E-state index in [0.29, 0.717) is 17.7 Å². The van der Waals surface area contributed by atoms with Crippen LogP contribution in [-0.4, -0.2) is 23.4 Å². The molecule has 1 aromatic rings. The van der Waals surface area contributed by atoms with Crippen molar-refractivity contribution in [3.8, 4) is 0 Å². The minimum absolute atomic E-state index is 0.166. The molecule has 2 atom stereocenters. The lowest BCUT2D eigenvalue weighted by atomic mass is 10.0. The SMILES string of the molecule is CC(C)C(N)c1nc(CC2CCOC2)no1. The van der Waals surface area contributed by atoms with Gasteiger partial charge < -0.3 is 15.0 Å². The maximum atomic E-state index is 5.94. The molecule has 90 valence electrons. The summed E-state index contributed by atoms with van der Waals surface area (Å²) in [5.74, 6) is 2.13. The molecule has 16 heavy (non-hydrogen) atoms. The van der Waals surface area contributed by atoms with Gasteiger partial charge in [-0.2, -0.15) is 4.98 Å². The molecule has 0 saturated carbocycles. The van der Waals surface area contributed by atoms with Crippen molar-refractivity contribution >= 4 is 0 Å². The molecule has 1 aliphatic rings. The van der Waals surface area contributed by atoms with E-state index in [1.807, 2.05) is 13.8 Å². The Balaban J connectivity index is 1.96. The molecule has 2 N–H and O–H groups in total. The summed E-state index contributed by atoms with van der Waals surface area (Å²) >= 11 is 0. The van der Waals surface area contributed by atoms with Gasteiger partial charge in [0.25, 0.3) is 0 Å². The van der Waals surface area contributed by atoms with Crippen LogP contribution in [-0.2, 0) is 11.2 Å². The Morgan fingerprint density at radius 3 is 2.94 bits per heavy atom. The van der Waals surface area contributed by atoms with Crippen LogP contribution < -0.4 is 5.73 Å². The first-order valence-electron chi connectivity index (χ1n) is 5.82.